The van der Waals surface area contributed by atoms with E-state index >= 15 is 0 Å². The summed E-state index contributed by atoms with van der Waals surface area (Å²) in [7, 11) is 0. The van der Waals surface area contributed by atoms with Gasteiger partial charge in [-0.15, -0.1) is 0 Å². The van der Waals surface area contributed by atoms with E-state index in [1.165, 1.54) is 6.07 Å². The third-order valence-electron chi connectivity index (χ3n) is 3.05. The second kappa shape index (κ2) is 5.65. The van der Waals surface area contributed by atoms with Crippen molar-refractivity contribution in [2.75, 3.05) is 5.32 Å². The molecule has 0 saturated carbocycles. The van der Waals surface area contributed by atoms with E-state index < -0.39 is 11.8 Å². The Balaban J connectivity index is 2.07. The van der Waals surface area contributed by atoms with Crippen LogP contribution in [0.4, 0.5) is 10.1 Å². The molecular formula is C14H14FNO3. The smallest absolute Gasteiger partial charge is 0.337 e. The zero-order valence-corrected chi connectivity index (χ0v) is 10.2. The van der Waals surface area contributed by atoms with Crippen LogP contribution in [0.3, 0.4) is 0 Å². The minimum absolute atomic E-state index is 0.126. The Morgan fingerprint density at radius 3 is 2.84 bits per heavy atom. The molecule has 0 aromatic heterocycles. The maximum Gasteiger partial charge on any atom is 0.337 e. The van der Waals surface area contributed by atoms with Crippen molar-refractivity contribution in [1.29, 1.82) is 0 Å². The Hall–Kier alpha value is -2.17. The van der Waals surface area contributed by atoms with Crippen LogP contribution in [0.1, 0.15) is 29.6 Å². The lowest BCUT2D eigenvalue weighted by Crippen LogP contribution is -2.17. The van der Waals surface area contributed by atoms with E-state index in [0.29, 0.717) is 6.42 Å². The second-order valence-electron chi connectivity index (χ2n) is 4.51. The van der Waals surface area contributed by atoms with Crippen LogP contribution in [0.5, 0.6) is 0 Å². The number of carboxylic acid groups (broad SMARTS) is 1. The van der Waals surface area contributed by atoms with Gasteiger partial charge in [-0.05, 0) is 37.0 Å². The maximum absolute atomic E-state index is 13.0. The van der Waals surface area contributed by atoms with E-state index in [1.54, 1.807) is 0 Å². The number of rotatable bonds is 4. The molecule has 19 heavy (non-hydrogen) atoms. The first-order valence-corrected chi connectivity index (χ1v) is 6.05. The number of anilines is 1. The zero-order valence-electron chi connectivity index (χ0n) is 10.2. The van der Waals surface area contributed by atoms with Crippen LogP contribution in [0.2, 0.25) is 0 Å². The molecule has 0 heterocycles. The van der Waals surface area contributed by atoms with Crippen LogP contribution in [0.25, 0.3) is 0 Å². The molecule has 1 unspecified atom stereocenters. The summed E-state index contributed by atoms with van der Waals surface area (Å²) in [6.07, 6.45) is 6.23. The van der Waals surface area contributed by atoms with Crippen LogP contribution in [0, 0.1) is 11.7 Å². The molecule has 100 valence electrons. The van der Waals surface area contributed by atoms with Crippen LogP contribution in [-0.4, -0.2) is 17.0 Å². The van der Waals surface area contributed by atoms with Crippen molar-refractivity contribution in [3.05, 3.63) is 41.7 Å². The van der Waals surface area contributed by atoms with Crippen molar-refractivity contribution in [2.24, 2.45) is 5.92 Å². The standard InChI is InChI=1S/C14H14FNO3/c15-10-5-6-12(11(8-10)14(18)19)16-13(17)7-9-3-1-2-4-9/h1,3,5-6,8-9H,2,4,7H2,(H,16,17)(H,18,19). The van der Waals surface area contributed by atoms with Gasteiger partial charge in [0.25, 0.3) is 0 Å². The molecule has 4 nitrogen and oxygen atoms in total. The lowest BCUT2D eigenvalue weighted by atomic mass is 10.0. The molecule has 2 N–H and O–H groups in total. The summed E-state index contributed by atoms with van der Waals surface area (Å²) in [5, 5.41) is 11.5. The number of allylic oxidation sites excluding steroid dienone is 2. The van der Waals surface area contributed by atoms with Crippen molar-refractivity contribution in [1.82, 2.24) is 0 Å². The zero-order chi connectivity index (χ0) is 13.8. The highest BCUT2D eigenvalue weighted by atomic mass is 19.1. The normalized spacial score (nSPS) is 17.4. The molecule has 1 aromatic carbocycles. The molecule has 1 aromatic rings. The average Bonchev–Trinajstić information content (AvgIpc) is 2.83. The van der Waals surface area contributed by atoms with Gasteiger partial charge in [0.2, 0.25) is 5.91 Å². The van der Waals surface area contributed by atoms with Gasteiger partial charge in [0, 0.05) is 6.42 Å². The SMILES string of the molecule is O=C(CC1C=CCC1)Nc1ccc(F)cc1C(=O)O. The lowest BCUT2D eigenvalue weighted by Gasteiger charge is -2.10. The summed E-state index contributed by atoms with van der Waals surface area (Å²) >= 11 is 0. The van der Waals surface area contributed by atoms with Gasteiger partial charge in [-0.2, -0.15) is 0 Å². The monoisotopic (exact) mass is 263 g/mol. The number of aromatic carboxylic acids is 1. The van der Waals surface area contributed by atoms with Crippen molar-refractivity contribution >= 4 is 17.6 Å². The summed E-state index contributed by atoms with van der Waals surface area (Å²) in [6, 6.07) is 3.28. The van der Waals surface area contributed by atoms with Gasteiger partial charge < -0.3 is 10.4 Å². The first kappa shape index (κ1) is 13.3. The van der Waals surface area contributed by atoms with Gasteiger partial charge in [-0.1, -0.05) is 12.2 Å². The number of hydrogen-bond donors (Lipinski definition) is 2. The molecule has 0 saturated heterocycles. The average molecular weight is 263 g/mol. The summed E-state index contributed by atoms with van der Waals surface area (Å²) in [6.45, 7) is 0. The van der Waals surface area contributed by atoms with Crippen molar-refractivity contribution in [3.63, 3.8) is 0 Å². The first-order chi connectivity index (χ1) is 9.06. The van der Waals surface area contributed by atoms with Gasteiger partial charge in [-0.3, -0.25) is 4.79 Å². The van der Waals surface area contributed by atoms with Crippen molar-refractivity contribution in [2.45, 2.75) is 19.3 Å². The number of hydrogen-bond acceptors (Lipinski definition) is 2. The van der Waals surface area contributed by atoms with Crippen molar-refractivity contribution in [3.8, 4) is 0 Å². The Labute approximate surface area is 109 Å². The molecule has 1 aliphatic carbocycles. The van der Waals surface area contributed by atoms with E-state index in [0.717, 1.165) is 25.0 Å². The van der Waals surface area contributed by atoms with Gasteiger partial charge >= 0.3 is 5.97 Å². The summed E-state index contributed by atoms with van der Waals surface area (Å²) in [5.74, 6) is -1.97. The molecule has 1 atom stereocenters. The second-order valence-corrected chi connectivity index (χ2v) is 4.51. The number of carbonyl (C=O) groups excluding carboxylic acids is 1. The van der Waals surface area contributed by atoms with Gasteiger partial charge in [-0.25, -0.2) is 9.18 Å². The quantitative estimate of drug-likeness (QED) is 0.821. The molecule has 0 bridgehead atoms. The minimum atomic E-state index is -1.27. The predicted molar refractivity (Wildman–Crippen MR) is 68.5 cm³/mol. The number of carbonyl (C=O) groups is 2. The number of carboxylic acids is 1. The molecule has 0 radical (unpaired) electrons. The maximum atomic E-state index is 13.0. The molecule has 2 rings (SSSR count). The highest BCUT2D eigenvalue weighted by Gasteiger charge is 2.17. The third-order valence-corrected chi connectivity index (χ3v) is 3.05. The van der Waals surface area contributed by atoms with E-state index in [-0.39, 0.29) is 23.1 Å². The fourth-order valence-electron chi connectivity index (χ4n) is 2.11. The molecule has 0 aliphatic heterocycles. The molecule has 5 heteroatoms. The fourth-order valence-corrected chi connectivity index (χ4v) is 2.11. The molecular weight excluding hydrogens is 249 g/mol. The number of amides is 1. The predicted octanol–water partition coefficient (Wildman–Crippen LogP) is 2.82. The van der Waals surface area contributed by atoms with Crippen molar-refractivity contribution < 1.29 is 19.1 Å². The largest absolute Gasteiger partial charge is 0.478 e. The van der Waals surface area contributed by atoms with E-state index in [9.17, 15) is 14.0 Å². The first-order valence-electron chi connectivity index (χ1n) is 6.05. The molecule has 0 fully saturated rings. The van der Waals surface area contributed by atoms with Crippen LogP contribution in [0.15, 0.2) is 30.4 Å². The third kappa shape index (κ3) is 3.40. The minimum Gasteiger partial charge on any atom is -0.478 e. The van der Waals surface area contributed by atoms with Crippen LogP contribution in [-0.2, 0) is 4.79 Å². The Kier molecular flexibility index (Phi) is 3.94. The molecule has 1 amide bonds. The Bertz CT molecular complexity index is 539. The van der Waals surface area contributed by atoms with E-state index in [4.69, 9.17) is 5.11 Å². The van der Waals surface area contributed by atoms with E-state index in [1.807, 2.05) is 12.2 Å². The summed E-state index contributed by atoms with van der Waals surface area (Å²) in [4.78, 5) is 22.8. The van der Waals surface area contributed by atoms with Gasteiger partial charge in [0.05, 0.1) is 11.3 Å². The van der Waals surface area contributed by atoms with Crippen LogP contribution < -0.4 is 5.32 Å². The molecule has 0 spiro atoms. The highest BCUT2D eigenvalue weighted by molar-refractivity contribution is 6.00. The lowest BCUT2D eigenvalue weighted by molar-refractivity contribution is -0.116. The van der Waals surface area contributed by atoms with Gasteiger partial charge in [0.1, 0.15) is 5.82 Å². The number of benzene rings is 1. The van der Waals surface area contributed by atoms with E-state index in [2.05, 4.69) is 5.32 Å². The number of halogens is 1. The summed E-state index contributed by atoms with van der Waals surface area (Å²) < 4.78 is 13.0. The highest BCUT2D eigenvalue weighted by Crippen LogP contribution is 2.22. The van der Waals surface area contributed by atoms with Crippen LogP contribution >= 0.6 is 0 Å². The fraction of sp³-hybridized carbons (Fsp3) is 0.286. The summed E-state index contributed by atoms with van der Waals surface area (Å²) in [5.41, 5.74) is -0.115. The Morgan fingerprint density at radius 2 is 2.21 bits per heavy atom. The Morgan fingerprint density at radius 1 is 1.42 bits per heavy atom. The topological polar surface area (TPSA) is 66.4 Å². The molecule has 1 aliphatic rings. The van der Waals surface area contributed by atoms with Gasteiger partial charge in [0.15, 0.2) is 0 Å². The number of nitrogens with one attached hydrogen (secondary N) is 1.